The lowest BCUT2D eigenvalue weighted by Gasteiger charge is -2.48. The number of hydrogen-bond donors (Lipinski definition) is 1. The molecule has 1 saturated heterocycles. The molecular formula is C34H43N5O3. The summed E-state index contributed by atoms with van der Waals surface area (Å²) >= 11 is 0. The summed E-state index contributed by atoms with van der Waals surface area (Å²) < 4.78 is 5.69. The van der Waals surface area contributed by atoms with Gasteiger partial charge in [0.25, 0.3) is 0 Å². The van der Waals surface area contributed by atoms with E-state index in [9.17, 15) is 9.59 Å². The van der Waals surface area contributed by atoms with Crippen LogP contribution in [0.25, 0.3) is 0 Å². The molecule has 0 radical (unpaired) electrons. The molecule has 3 aliphatic rings. The molecule has 5 rings (SSSR count). The van der Waals surface area contributed by atoms with Gasteiger partial charge in [-0.25, -0.2) is 9.59 Å². The van der Waals surface area contributed by atoms with E-state index in [1.54, 1.807) is 9.80 Å². The number of ether oxygens (including phenoxy) is 1. The molecule has 3 heterocycles. The van der Waals surface area contributed by atoms with Crippen LogP contribution in [0, 0.1) is 0 Å². The molecule has 2 atom stereocenters. The van der Waals surface area contributed by atoms with Gasteiger partial charge in [-0.15, -0.1) is 0 Å². The molecular weight excluding hydrogens is 526 g/mol. The fourth-order valence-electron chi connectivity index (χ4n) is 5.79. The summed E-state index contributed by atoms with van der Waals surface area (Å²) in [7, 11) is 0. The number of benzene rings is 2. The molecule has 222 valence electrons. The first-order valence-corrected chi connectivity index (χ1v) is 14.8. The molecule has 3 amide bonds. The largest absolute Gasteiger partial charge is 0.444 e. The summed E-state index contributed by atoms with van der Waals surface area (Å²) in [4.78, 5) is 35.0. The van der Waals surface area contributed by atoms with Crippen LogP contribution in [0.1, 0.15) is 65.5 Å². The van der Waals surface area contributed by atoms with Crippen molar-refractivity contribution in [2.24, 2.45) is 0 Å². The summed E-state index contributed by atoms with van der Waals surface area (Å²) in [6.45, 7) is 15.8. The highest BCUT2D eigenvalue weighted by Gasteiger charge is 2.40. The molecule has 8 nitrogen and oxygen atoms in total. The minimum Gasteiger partial charge on any atom is -0.444 e. The monoisotopic (exact) mass is 569 g/mol. The van der Waals surface area contributed by atoms with Gasteiger partial charge in [0.1, 0.15) is 11.4 Å². The molecule has 1 fully saturated rings. The zero-order valence-corrected chi connectivity index (χ0v) is 25.8. The van der Waals surface area contributed by atoms with E-state index in [2.05, 4.69) is 72.6 Å². The van der Waals surface area contributed by atoms with Gasteiger partial charge in [0.05, 0.1) is 11.4 Å². The van der Waals surface area contributed by atoms with Crippen molar-refractivity contribution in [3.05, 3.63) is 101 Å². The Bertz CT molecular complexity index is 1420. The number of allylic oxidation sites excluding steroid dienone is 1. The number of rotatable bonds is 5. The first-order valence-electron chi connectivity index (χ1n) is 14.8. The quantitative estimate of drug-likeness (QED) is 0.431. The van der Waals surface area contributed by atoms with Gasteiger partial charge in [-0.3, -0.25) is 10.2 Å². The lowest BCUT2D eigenvalue weighted by atomic mass is 9.98. The summed E-state index contributed by atoms with van der Waals surface area (Å²) in [5, 5.41) is 3.25. The molecule has 0 saturated carbocycles. The molecule has 8 heteroatoms. The van der Waals surface area contributed by atoms with Gasteiger partial charge in [0.2, 0.25) is 0 Å². The van der Waals surface area contributed by atoms with Crippen molar-refractivity contribution < 1.29 is 14.3 Å². The van der Waals surface area contributed by atoms with Gasteiger partial charge in [-0.1, -0.05) is 62.4 Å². The fraction of sp³-hybridized carbons (Fsp3) is 0.412. The molecule has 1 N–H and O–H groups in total. The van der Waals surface area contributed by atoms with E-state index in [4.69, 9.17) is 4.74 Å². The van der Waals surface area contributed by atoms with Gasteiger partial charge < -0.3 is 19.4 Å². The SMILES string of the molecule is CC(C)c1ccccc1N1C(=O)NC(N2C[C@@H](C)N(C(=O)OC(C)(C)C)C[C@@H]2C)=C2C=CN(Cc3ccccc3)C=C21. The van der Waals surface area contributed by atoms with Crippen LogP contribution in [-0.4, -0.2) is 57.6 Å². The number of para-hydroxylation sites is 1. The zero-order valence-electron chi connectivity index (χ0n) is 25.8. The Labute approximate surface area is 249 Å². The van der Waals surface area contributed by atoms with E-state index >= 15 is 0 Å². The second-order valence-corrected chi connectivity index (χ2v) is 12.7. The molecule has 0 aliphatic carbocycles. The number of fused-ring (bicyclic) bond motifs is 1. The van der Waals surface area contributed by atoms with Crippen molar-refractivity contribution in [3.63, 3.8) is 0 Å². The van der Waals surface area contributed by atoms with Gasteiger partial charge in [-0.05, 0) is 63.8 Å². The third kappa shape index (κ3) is 6.03. The van der Waals surface area contributed by atoms with Crippen molar-refractivity contribution in [1.82, 2.24) is 20.0 Å². The van der Waals surface area contributed by atoms with E-state index in [0.29, 0.717) is 19.6 Å². The Morgan fingerprint density at radius 1 is 1.00 bits per heavy atom. The van der Waals surface area contributed by atoms with Gasteiger partial charge in [-0.2, -0.15) is 0 Å². The first-order chi connectivity index (χ1) is 19.9. The number of urea groups is 1. The number of amides is 3. The van der Waals surface area contributed by atoms with Crippen molar-refractivity contribution in [1.29, 1.82) is 0 Å². The number of piperazine rings is 1. The molecule has 0 unspecified atom stereocenters. The number of carbonyl (C=O) groups is 2. The van der Waals surface area contributed by atoms with E-state index < -0.39 is 5.60 Å². The number of nitrogens with one attached hydrogen (secondary N) is 1. The van der Waals surface area contributed by atoms with Gasteiger partial charge in [0, 0.05) is 49.7 Å². The molecule has 0 spiro atoms. The highest BCUT2D eigenvalue weighted by atomic mass is 16.6. The van der Waals surface area contributed by atoms with Crippen LogP contribution < -0.4 is 10.2 Å². The maximum Gasteiger partial charge on any atom is 0.410 e. The maximum absolute atomic E-state index is 14.0. The number of nitrogens with zero attached hydrogens (tertiary/aromatic N) is 4. The highest BCUT2D eigenvalue weighted by Crippen LogP contribution is 2.38. The number of anilines is 1. The van der Waals surface area contributed by atoms with Crippen LogP contribution in [0.2, 0.25) is 0 Å². The average molecular weight is 570 g/mol. The highest BCUT2D eigenvalue weighted by molar-refractivity contribution is 6.00. The second kappa shape index (κ2) is 11.6. The predicted molar refractivity (Wildman–Crippen MR) is 166 cm³/mol. The second-order valence-electron chi connectivity index (χ2n) is 12.7. The minimum absolute atomic E-state index is 0.0389. The summed E-state index contributed by atoms with van der Waals surface area (Å²) in [5.41, 5.74) is 4.37. The standard InChI is InChI=1S/C34H43N5O3/c1-23(2)27-15-11-12-16-29(27)39-30-22-36(21-26-13-9-8-10-14-26)18-17-28(30)31(35-32(39)40)37-19-25(4)38(20-24(37)3)33(41)42-34(5,6)7/h8-18,22-25H,19-21H2,1-7H3,(H,35,40)/t24-,25+/m0/s1. The summed E-state index contributed by atoms with van der Waals surface area (Å²) in [6, 6.07) is 18.1. The number of carbonyl (C=O) groups excluding carboxylic acids is 2. The molecule has 0 aromatic heterocycles. The van der Waals surface area contributed by atoms with Crippen molar-refractivity contribution >= 4 is 17.8 Å². The third-order valence-electron chi connectivity index (χ3n) is 7.83. The lowest BCUT2D eigenvalue weighted by Crippen LogP contribution is -2.61. The minimum atomic E-state index is -0.562. The zero-order chi connectivity index (χ0) is 30.2. The average Bonchev–Trinajstić information content (AvgIpc) is 2.93. The van der Waals surface area contributed by atoms with E-state index in [1.165, 1.54) is 5.56 Å². The Hall–Kier alpha value is -4.20. The summed E-state index contributed by atoms with van der Waals surface area (Å²) in [6.07, 6.45) is 5.93. The van der Waals surface area contributed by atoms with E-state index in [-0.39, 0.29) is 30.1 Å². The molecule has 0 bridgehead atoms. The Kier molecular flexibility index (Phi) is 8.08. The molecule has 42 heavy (non-hydrogen) atoms. The van der Waals surface area contributed by atoms with E-state index in [0.717, 1.165) is 28.3 Å². The van der Waals surface area contributed by atoms with Crippen molar-refractivity contribution in [2.45, 2.75) is 78.6 Å². The molecule has 3 aliphatic heterocycles. The Balaban J connectivity index is 1.53. The predicted octanol–water partition coefficient (Wildman–Crippen LogP) is 6.75. The van der Waals surface area contributed by atoms with Crippen LogP contribution in [0.4, 0.5) is 15.3 Å². The molecule has 2 aromatic rings. The van der Waals surface area contributed by atoms with Crippen LogP contribution >= 0.6 is 0 Å². The normalized spacial score (nSPS) is 21.0. The third-order valence-corrected chi connectivity index (χ3v) is 7.83. The van der Waals surface area contributed by atoms with Crippen LogP contribution in [0.3, 0.4) is 0 Å². The van der Waals surface area contributed by atoms with Gasteiger partial charge in [0.15, 0.2) is 0 Å². The van der Waals surface area contributed by atoms with Crippen molar-refractivity contribution in [3.8, 4) is 0 Å². The van der Waals surface area contributed by atoms with Crippen molar-refractivity contribution in [2.75, 3.05) is 18.0 Å². The number of hydrogen-bond acceptors (Lipinski definition) is 5. The maximum atomic E-state index is 14.0. The topological polar surface area (TPSA) is 68.4 Å². The van der Waals surface area contributed by atoms with Crippen LogP contribution in [0.15, 0.2) is 90.2 Å². The Morgan fingerprint density at radius 3 is 2.38 bits per heavy atom. The smallest absolute Gasteiger partial charge is 0.410 e. The summed E-state index contributed by atoms with van der Waals surface area (Å²) in [5.74, 6) is 1.01. The fourth-order valence-corrected chi connectivity index (χ4v) is 5.79. The van der Waals surface area contributed by atoms with Crippen LogP contribution in [0.5, 0.6) is 0 Å². The Morgan fingerprint density at radius 2 is 1.69 bits per heavy atom. The van der Waals surface area contributed by atoms with Gasteiger partial charge >= 0.3 is 12.1 Å². The lowest BCUT2D eigenvalue weighted by molar-refractivity contribution is -0.00516. The molecule has 2 aromatic carbocycles. The van der Waals surface area contributed by atoms with Crippen LogP contribution in [-0.2, 0) is 11.3 Å². The first kappa shape index (κ1) is 29.3. The van der Waals surface area contributed by atoms with E-state index in [1.807, 2.05) is 64.1 Å².